The molecule has 0 radical (unpaired) electrons. The van der Waals surface area contributed by atoms with Crippen molar-refractivity contribution in [1.82, 2.24) is 20.2 Å². The molecule has 0 saturated carbocycles. The van der Waals surface area contributed by atoms with Crippen molar-refractivity contribution >= 4 is 35.0 Å². The van der Waals surface area contributed by atoms with E-state index in [-0.39, 0.29) is 24.4 Å². The Morgan fingerprint density at radius 2 is 2.00 bits per heavy atom. The summed E-state index contributed by atoms with van der Waals surface area (Å²) in [6.45, 7) is 6.01. The first kappa shape index (κ1) is 23.2. The van der Waals surface area contributed by atoms with Crippen molar-refractivity contribution < 1.29 is 4.79 Å². The monoisotopic (exact) mass is 442 g/mol. The maximum atomic E-state index is 12.7. The quantitative estimate of drug-likeness (QED) is 0.783. The summed E-state index contributed by atoms with van der Waals surface area (Å²) in [5, 5.41) is 12.7. The van der Waals surface area contributed by atoms with Gasteiger partial charge in [-0.25, -0.2) is 0 Å². The molecule has 3 atom stereocenters. The molecule has 3 heterocycles. The third-order valence-electron chi connectivity index (χ3n) is 6.29. The molecule has 2 aromatic rings. The summed E-state index contributed by atoms with van der Waals surface area (Å²) < 4.78 is 0. The minimum atomic E-state index is 0. The summed E-state index contributed by atoms with van der Waals surface area (Å²) in [6, 6.07) is 6.10. The van der Waals surface area contributed by atoms with Gasteiger partial charge in [0.2, 0.25) is 5.91 Å². The van der Waals surface area contributed by atoms with Gasteiger partial charge in [-0.3, -0.25) is 14.8 Å². The van der Waals surface area contributed by atoms with Crippen LogP contribution in [0.5, 0.6) is 0 Å². The number of rotatable bonds is 4. The highest BCUT2D eigenvalue weighted by molar-refractivity contribution is 5.92. The van der Waals surface area contributed by atoms with Crippen LogP contribution >= 0.6 is 12.4 Å². The van der Waals surface area contributed by atoms with E-state index in [1.54, 1.807) is 12.4 Å². The molecule has 1 unspecified atom stereocenters. The van der Waals surface area contributed by atoms with E-state index in [2.05, 4.69) is 45.1 Å². The van der Waals surface area contributed by atoms with Crippen LogP contribution in [0.1, 0.15) is 38.2 Å². The van der Waals surface area contributed by atoms with E-state index in [0.717, 1.165) is 50.2 Å². The molecular formula is C23H31ClN6O. The molecule has 2 aliphatic heterocycles. The number of halogens is 1. The van der Waals surface area contributed by atoms with Crippen LogP contribution in [0.3, 0.4) is 0 Å². The van der Waals surface area contributed by atoms with Crippen molar-refractivity contribution in [1.29, 1.82) is 5.26 Å². The largest absolute Gasteiger partial charge is 0.367 e. The molecule has 4 rings (SSSR count). The van der Waals surface area contributed by atoms with E-state index in [1.165, 1.54) is 6.42 Å². The molecule has 0 bridgehead atoms. The van der Waals surface area contributed by atoms with Crippen LogP contribution in [0.4, 0.5) is 5.69 Å². The summed E-state index contributed by atoms with van der Waals surface area (Å²) in [6.07, 6.45) is 7.20. The van der Waals surface area contributed by atoms with Crippen LogP contribution in [0, 0.1) is 23.2 Å². The zero-order chi connectivity index (χ0) is 21.1. The van der Waals surface area contributed by atoms with Crippen LogP contribution in [0.15, 0.2) is 24.5 Å². The van der Waals surface area contributed by atoms with E-state index < -0.39 is 0 Å². The number of anilines is 1. The van der Waals surface area contributed by atoms with Gasteiger partial charge in [0.25, 0.3) is 0 Å². The fourth-order valence-corrected chi connectivity index (χ4v) is 5.03. The van der Waals surface area contributed by atoms with Gasteiger partial charge in [0.1, 0.15) is 17.1 Å². The van der Waals surface area contributed by atoms with E-state index in [9.17, 15) is 10.1 Å². The number of piperidine rings is 2. The number of nitrogens with zero attached hydrogens (tertiary/aromatic N) is 5. The highest BCUT2D eigenvalue weighted by atomic mass is 35.5. The lowest BCUT2D eigenvalue weighted by atomic mass is 9.93. The average Bonchev–Trinajstić information content (AvgIpc) is 2.72. The molecule has 0 spiro atoms. The maximum absolute atomic E-state index is 12.7. The number of benzene rings is 1. The van der Waals surface area contributed by atoms with Gasteiger partial charge in [0.15, 0.2) is 0 Å². The molecule has 31 heavy (non-hydrogen) atoms. The van der Waals surface area contributed by atoms with Crippen LogP contribution in [-0.2, 0) is 4.79 Å². The van der Waals surface area contributed by atoms with Crippen LogP contribution in [0.2, 0.25) is 0 Å². The fraction of sp³-hybridized carbons (Fsp3) is 0.565. The highest BCUT2D eigenvalue weighted by Gasteiger charge is 2.29. The van der Waals surface area contributed by atoms with Crippen LogP contribution in [-0.4, -0.2) is 60.0 Å². The molecule has 2 saturated heterocycles. The van der Waals surface area contributed by atoms with Crippen molar-refractivity contribution in [2.45, 2.75) is 38.6 Å². The van der Waals surface area contributed by atoms with Crippen LogP contribution in [0.25, 0.3) is 11.0 Å². The second-order valence-electron chi connectivity index (χ2n) is 8.98. The smallest absolute Gasteiger partial charge is 0.220 e. The van der Waals surface area contributed by atoms with E-state index in [1.807, 2.05) is 12.1 Å². The Hall–Kier alpha value is -2.43. The molecule has 1 aromatic heterocycles. The van der Waals surface area contributed by atoms with Crippen molar-refractivity contribution in [3.63, 3.8) is 0 Å². The zero-order valence-corrected chi connectivity index (χ0v) is 19.1. The second-order valence-corrected chi connectivity index (χ2v) is 8.98. The number of amides is 1. The number of fused-ring (bicyclic) bond motifs is 1. The van der Waals surface area contributed by atoms with E-state index >= 15 is 0 Å². The van der Waals surface area contributed by atoms with Gasteiger partial charge in [-0.05, 0) is 56.8 Å². The Bertz CT molecular complexity index is 961. The van der Waals surface area contributed by atoms with Crippen molar-refractivity contribution in [3.8, 4) is 6.07 Å². The predicted molar refractivity (Wildman–Crippen MR) is 124 cm³/mol. The number of aromatic nitrogens is 2. The summed E-state index contributed by atoms with van der Waals surface area (Å²) in [4.78, 5) is 26.2. The number of carbonyl (C=O) groups excluding carboxylic acids is 1. The summed E-state index contributed by atoms with van der Waals surface area (Å²) >= 11 is 0. The number of hydrogen-bond donors (Lipinski definition) is 1. The molecule has 1 aromatic carbocycles. The molecule has 1 amide bonds. The van der Waals surface area contributed by atoms with Gasteiger partial charge < -0.3 is 15.1 Å². The molecule has 1 N–H and O–H groups in total. The summed E-state index contributed by atoms with van der Waals surface area (Å²) in [7, 11) is 2.13. The Labute approximate surface area is 190 Å². The topological polar surface area (TPSA) is 85.2 Å². The van der Waals surface area contributed by atoms with Crippen molar-refractivity contribution in [2.24, 2.45) is 11.8 Å². The maximum Gasteiger partial charge on any atom is 0.220 e. The lowest BCUT2D eigenvalue weighted by molar-refractivity contribution is -0.123. The molecule has 2 fully saturated rings. The first-order chi connectivity index (χ1) is 14.5. The number of nitrogens with one attached hydrogen (secondary N) is 1. The second kappa shape index (κ2) is 10.3. The van der Waals surface area contributed by atoms with Gasteiger partial charge in [-0.2, -0.15) is 5.26 Å². The predicted octanol–water partition coefficient (Wildman–Crippen LogP) is 2.99. The number of carbonyl (C=O) groups is 1. The Kier molecular flexibility index (Phi) is 7.69. The standard InChI is InChI=1S/C23H30N6O.ClH/c1-16-10-19(27-21(30)11-17-4-3-9-28(2)14-17)15-29(13-16)20-6-5-18(12-24)22-23(20)26-8-7-25-22;/h5-8,16-17,19H,3-4,9-11,13-15H2,1-2H3,(H,27,30);1H/t16-,17?,19+;/m0./s1. The Morgan fingerprint density at radius 1 is 1.23 bits per heavy atom. The zero-order valence-electron chi connectivity index (χ0n) is 18.3. The number of hydrogen-bond acceptors (Lipinski definition) is 6. The van der Waals surface area contributed by atoms with E-state index in [4.69, 9.17) is 0 Å². The normalized spacial score (nSPS) is 24.3. The third-order valence-corrected chi connectivity index (χ3v) is 6.29. The van der Waals surface area contributed by atoms with E-state index in [0.29, 0.717) is 29.3 Å². The van der Waals surface area contributed by atoms with Crippen molar-refractivity contribution in [2.75, 3.05) is 38.1 Å². The van der Waals surface area contributed by atoms with Gasteiger partial charge in [0, 0.05) is 44.5 Å². The summed E-state index contributed by atoms with van der Waals surface area (Å²) in [5.41, 5.74) is 2.91. The molecular weight excluding hydrogens is 412 g/mol. The van der Waals surface area contributed by atoms with Gasteiger partial charge in [-0.1, -0.05) is 6.92 Å². The molecule has 7 nitrogen and oxygen atoms in total. The molecule has 8 heteroatoms. The summed E-state index contributed by atoms with van der Waals surface area (Å²) in [5.74, 6) is 1.07. The van der Waals surface area contributed by atoms with Crippen molar-refractivity contribution in [3.05, 3.63) is 30.1 Å². The molecule has 2 aliphatic rings. The first-order valence-corrected chi connectivity index (χ1v) is 10.9. The van der Waals surface area contributed by atoms with Gasteiger partial charge in [-0.15, -0.1) is 12.4 Å². The lowest BCUT2D eigenvalue weighted by Crippen LogP contribution is -2.51. The number of nitriles is 1. The third kappa shape index (κ3) is 5.44. The first-order valence-electron chi connectivity index (χ1n) is 10.9. The Balaban J connectivity index is 0.00000272. The minimum absolute atomic E-state index is 0. The lowest BCUT2D eigenvalue weighted by Gasteiger charge is -2.38. The van der Waals surface area contributed by atoms with Crippen LogP contribution < -0.4 is 10.2 Å². The molecule has 166 valence electrons. The Morgan fingerprint density at radius 3 is 2.74 bits per heavy atom. The highest BCUT2D eigenvalue weighted by Crippen LogP contribution is 2.30. The minimum Gasteiger partial charge on any atom is -0.367 e. The average molecular weight is 443 g/mol. The van der Waals surface area contributed by atoms with Gasteiger partial charge >= 0.3 is 0 Å². The fourth-order valence-electron chi connectivity index (χ4n) is 5.03. The number of likely N-dealkylation sites (tertiary alicyclic amines) is 1. The SMILES string of the molecule is C[C@H]1C[C@@H](NC(=O)CC2CCCN(C)C2)CN(c2ccc(C#N)c3nccnc23)C1.Cl. The van der Waals surface area contributed by atoms with Gasteiger partial charge in [0.05, 0.1) is 11.3 Å². The molecule has 0 aliphatic carbocycles.